The van der Waals surface area contributed by atoms with Gasteiger partial charge in [-0.15, -0.1) is 0 Å². The minimum Gasteiger partial charge on any atom is -0.495 e. The lowest BCUT2D eigenvalue weighted by Crippen LogP contribution is -2.29. The fraction of sp³-hybridized carbons (Fsp3) is 0.115. The molecule has 1 unspecified atom stereocenters. The lowest BCUT2D eigenvalue weighted by atomic mass is 9.97. The fourth-order valence-corrected chi connectivity index (χ4v) is 4.68. The van der Waals surface area contributed by atoms with Crippen LogP contribution < -0.4 is 15.1 Å². The van der Waals surface area contributed by atoms with Crippen LogP contribution in [0.1, 0.15) is 38.1 Å². The monoisotopic (exact) mass is 509 g/mol. The van der Waals surface area contributed by atoms with E-state index in [-0.39, 0.29) is 27.7 Å². The predicted octanol–water partition coefficient (Wildman–Crippen LogP) is 5.64. The van der Waals surface area contributed by atoms with E-state index >= 15 is 0 Å². The van der Waals surface area contributed by atoms with Gasteiger partial charge in [0.05, 0.1) is 41.8 Å². The Kier molecular flexibility index (Phi) is 5.75. The second-order valence-electron chi connectivity index (χ2n) is 7.82. The fourth-order valence-electron chi connectivity index (χ4n) is 4.25. The number of carbonyl (C=O) groups is 2. The van der Waals surface area contributed by atoms with Crippen molar-refractivity contribution < 1.29 is 23.5 Å². The summed E-state index contributed by atoms with van der Waals surface area (Å²) >= 11 is 12.5. The molecule has 0 radical (unpaired) electrons. The van der Waals surface area contributed by atoms with Gasteiger partial charge in [0.25, 0.3) is 5.91 Å². The Morgan fingerprint density at radius 1 is 0.971 bits per heavy atom. The molecule has 1 aliphatic heterocycles. The van der Waals surface area contributed by atoms with Crippen molar-refractivity contribution in [3.63, 3.8) is 0 Å². The van der Waals surface area contributed by atoms with E-state index in [1.165, 1.54) is 25.2 Å². The van der Waals surface area contributed by atoms with Gasteiger partial charge >= 0.3 is 5.97 Å². The van der Waals surface area contributed by atoms with Crippen LogP contribution >= 0.6 is 23.2 Å². The summed E-state index contributed by atoms with van der Waals surface area (Å²) in [4.78, 5) is 40.7. The number of nitrogens with zero attached hydrogens (tertiary/aromatic N) is 1. The van der Waals surface area contributed by atoms with Gasteiger partial charge in [0, 0.05) is 10.7 Å². The van der Waals surface area contributed by atoms with E-state index in [0.717, 1.165) is 0 Å². The smallest absolute Gasteiger partial charge is 0.337 e. The summed E-state index contributed by atoms with van der Waals surface area (Å²) in [6, 6.07) is 15.2. The van der Waals surface area contributed by atoms with Gasteiger partial charge in [0.1, 0.15) is 11.3 Å². The largest absolute Gasteiger partial charge is 0.495 e. The molecule has 1 aliphatic rings. The number of benzene rings is 3. The van der Waals surface area contributed by atoms with E-state index in [2.05, 4.69) is 0 Å². The Balaban J connectivity index is 1.76. The molecule has 1 atom stereocenters. The highest BCUT2D eigenvalue weighted by atomic mass is 35.5. The van der Waals surface area contributed by atoms with Crippen LogP contribution in [0.15, 0.2) is 69.9 Å². The number of ether oxygens (including phenoxy) is 2. The van der Waals surface area contributed by atoms with Crippen LogP contribution in [0.4, 0.5) is 5.69 Å². The number of hydrogen-bond donors (Lipinski definition) is 0. The van der Waals surface area contributed by atoms with Gasteiger partial charge < -0.3 is 13.9 Å². The van der Waals surface area contributed by atoms with Crippen LogP contribution in [0.25, 0.3) is 11.0 Å². The van der Waals surface area contributed by atoms with Gasteiger partial charge in [-0.1, -0.05) is 35.3 Å². The van der Waals surface area contributed by atoms with Crippen molar-refractivity contribution in [2.75, 3.05) is 19.1 Å². The Hall–Kier alpha value is -3.81. The molecule has 0 saturated heterocycles. The quantitative estimate of drug-likeness (QED) is 0.330. The number of amides is 1. The third-order valence-electron chi connectivity index (χ3n) is 5.89. The minimum atomic E-state index is -0.840. The number of methoxy groups -OCH3 is 2. The Morgan fingerprint density at radius 3 is 2.37 bits per heavy atom. The van der Waals surface area contributed by atoms with E-state index in [9.17, 15) is 14.4 Å². The Labute approximate surface area is 209 Å². The first-order chi connectivity index (χ1) is 16.8. The average molecular weight is 510 g/mol. The van der Waals surface area contributed by atoms with Crippen molar-refractivity contribution in [1.82, 2.24) is 0 Å². The maximum atomic E-state index is 13.6. The predicted molar refractivity (Wildman–Crippen MR) is 132 cm³/mol. The minimum absolute atomic E-state index is 0.0705. The van der Waals surface area contributed by atoms with E-state index in [1.807, 2.05) is 0 Å². The zero-order valence-corrected chi connectivity index (χ0v) is 20.0. The molecule has 7 nitrogen and oxygen atoms in total. The van der Waals surface area contributed by atoms with E-state index in [1.54, 1.807) is 54.6 Å². The highest BCUT2D eigenvalue weighted by Crippen LogP contribution is 2.43. The molecule has 5 rings (SSSR count). The molecule has 0 saturated carbocycles. The molecular formula is C26H17Cl2NO6. The Morgan fingerprint density at radius 2 is 1.71 bits per heavy atom. The van der Waals surface area contributed by atoms with E-state index in [0.29, 0.717) is 32.6 Å². The van der Waals surface area contributed by atoms with Gasteiger partial charge in [-0.25, -0.2) is 4.79 Å². The molecule has 9 heteroatoms. The lowest BCUT2D eigenvalue weighted by Gasteiger charge is -2.25. The third kappa shape index (κ3) is 3.73. The number of carbonyl (C=O) groups excluding carboxylic acids is 2. The topological polar surface area (TPSA) is 86.0 Å². The normalized spacial score (nSPS) is 14.8. The number of rotatable bonds is 4. The van der Waals surface area contributed by atoms with Gasteiger partial charge in [-0.05, 0) is 54.1 Å². The van der Waals surface area contributed by atoms with Crippen molar-refractivity contribution in [2.24, 2.45) is 0 Å². The summed E-state index contributed by atoms with van der Waals surface area (Å²) in [5.74, 6) is -0.637. The number of hydrogen-bond acceptors (Lipinski definition) is 6. The number of fused-ring (bicyclic) bond motifs is 2. The van der Waals surface area contributed by atoms with Crippen LogP contribution in [0.3, 0.4) is 0 Å². The van der Waals surface area contributed by atoms with Crippen molar-refractivity contribution in [3.05, 3.63) is 103 Å². The molecule has 1 amide bonds. The van der Waals surface area contributed by atoms with Gasteiger partial charge in [-0.3, -0.25) is 14.5 Å². The lowest BCUT2D eigenvalue weighted by molar-refractivity contribution is 0.0600. The van der Waals surface area contributed by atoms with E-state index < -0.39 is 17.9 Å². The first kappa shape index (κ1) is 23.0. The second-order valence-corrected chi connectivity index (χ2v) is 8.67. The molecule has 0 aliphatic carbocycles. The molecule has 35 heavy (non-hydrogen) atoms. The molecule has 0 spiro atoms. The maximum absolute atomic E-state index is 13.6. The zero-order valence-electron chi connectivity index (χ0n) is 18.5. The molecule has 0 bridgehead atoms. The highest BCUT2D eigenvalue weighted by molar-refractivity contribution is 6.32. The number of halogens is 2. The molecule has 0 N–H and O–H groups in total. The van der Waals surface area contributed by atoms with Crippen LogP contribution in [0.2, 0.25) is 10.0 Å². The van der Waals surface area contributed by atoms with Crippen molar-refractivity contribution in [3.8, 4) is 5.75 Å². The van der Waals surface area contributed by atoms with E-state index in [4.69, 9.17) is 37.1 Å². The molecule has 1 aromatic heterocycles. The standard InChI is InChI=1S/C26H17Cl2NO6/c1-33-20-10-8-16(12-18(20)28)29-22(13-3-5-14(6-4-13)26(32)34-2)21-23(30)17-11-15(27)7-9-19(17)35-24(21)25(29)31/h3-12,22H,1-2H3. The summed E-state index contributed by atoms with van der Waals surface area (Å²) in [6.07, 6.45) is 0. The van der Waals surface area contributed by atoms with Gasteiger partial charge in [0.15, 0.2) is 5.43 Å². The maximum Gasteiger partial charge on any atom is 0.337 e. The molecule has 3 aromatic carbocycles. The van der Waals surface area contributed by atoms with Gasteiger partial charge in [0.2, 0.25) is 5.76 Å². The third-order valence-corrected chi connectivity index (χ3v) is 6.42. The Bertz CT molecular complexity index is 1560. The van der Waals surface area contributed by atoms with Gasteiger partial charge in [-0.2, -0.15) is 0 Å². The SMILES string of the molecule is COC(=O)c1ccc(C2c3c(oc4ccc(Cl)cc4c3=O)C(=O)N2c2ccc(OC)c(Cl)c2)cc1. The van der Waals surface area contributed by atoms with Crippen molar-refractivity contribution in [2.45, 2.75) is 6.04 Å². The van der Waals surface area contributed by atoms with Crippen LogP contribution in [0.5, 0.6) is 5.75 Å². The summed E-state index contributed by atoms with van der Waals surface area (Å²) in [6.45, 7) is 0. The summed E-state index contributed by atoms with van der Waals surface area (Å²) in [5.41, 5.74) is 1.41. The zero-order chi connectivity index (χ0) is 24.9. The van der Waals surface area contributed by atoms with Crippen LogP contribution in [0, 0.1) is 0 Å². The molecule has 176 valence electrons. The molecular weight excluding hydrogens is 493 g/mol. The first-order valence-corrected chi connectivity index (χ1v) is 11.2. The average Bonchev–Trinajstić information content (AvgIpc) is 3.16. The molecule has 0 fully saturated rings. The summed E-state index contributed by atoms with van der Waals surface area (Å²) in [7, 11) is 2.78. The molecule has 2 heterocycles. The van der Waals surface area contributed by atoms with Crippen molar-refractivity contribution in [1.29, 1.82) is 0 Å². The number of esters is 1. The second kappa shape index (κ2) is 8.76. The highest BCUT2D eigenvalue weighted by Gasteiger charge is 2.43. The summed E-state index contributed by atoms with van der Waals surface area (Å²) < 4.78 is 15.9. The molecule has 4 aromatic rings. The van der Waals surface area contributed by atoms with Crippen LogP contribution in [-0.2, 0) is 4.74 Å². The summed E-state index contributed by atoms with van der Waals surface area (Å²) in [5, 5.41) is 0.923. The van der Waals surface area contributed by atoms with Crippen LogP contribution in [-0.4, -0.2) is 26.1 Å². The first-order valence-electron chi connectivity index (χ1n) is 10.5. The van der Waals surface area contributed by atoms with Crippen molar-refractivity contribution >= 4 is 51.7 Å². The number of anilines is 1.